The Balaban J connectivity index is 2.73. The molecule has 0 saturated heterocycles. The van der Waals surface area contributed by atoms with Crippen molar-refractivity contribution in [2.24, 2.45) is 0 Å². The third-order valence-electron chi connectivity index (χ3n) is 2.33. The average molecular weight is 236 g/mol. The van der Waals surface area contributed by atoms with E-state index in [0.29, 0.717) is 11.5 Å². The third-order valence-corrected chi connectivity index (χ3v) is 2.33. The van der Waals surface area contributed by atoms with Gasteiger partial charge in [-0.25, -0.2) is 9.97 Å². The van der Waals surface area contributed by atoms with E-state index in [-0.39, 0.29) is 18.0 Å². The Morgan fingerprint density at radius 3 is 2.65 bits per heavy atom. The highest BCUT2D eigenvalue weighted by molar-refractivity contribution is 5.93. The van der Waals surface area contributed by atoms with Gasteiger partial charge in [0.15, 0.2) is 0 Å². The SMILES string of the molecule is CCC(C)NC(=O)c1cc(NC(C)C)ncn1. The lowest BCUT2D eigenvalue weighted by Gasteiger charge is -2.12. The molecule has 1 aromatic rings. The lowest BCUT2D eigenvalue weighted by molar-refractivity contribution is 0.0934. The molecule has 0 bridgehead atoms. The van der Waals surface area contributed by atoms with E-state index < -0.39 is 0 Å². The topological polar surface area (TPSA) is 66.9 Å². The number of amides is 1. The number of carbonyl (C=O) groups excluding carboxylic acids is 1. The van der Waals surface area contributed by atoms with Crippen LogP contribution in [0.15, 0.2) is 12.4 Å². The number of aromatic nitrogens is 2. The summed E-state index contributed by atoms with van der Waals surface area (Å²) < 4.78 is 0. The molecule has 0 aliphatic heterocycles. The maximum Gasteiger partial charge on any atom is 0.270 e. The predicted molar refractivity (Wildman–Crippen MR) is 68.0 cm³/mol. The molecule has 1 rings (SSSR count). The van der Waals surface area contributed by atoms with E-state index in [1.165, 1.54) is 6.33 Å². The predicted octanol–water partition coefficient (Wildman–Crippen LogP) is 1.83. The van der Waals surface area contributed by atoms with Gasteiger partial charge in [0, 0.05) is 18.2 Å². The van der Waals surface area contributed by atoms with Crippen LogP contribution >= 0.6 is 0 Å². The Morgan fingerprint density at radius 1 is 1.35 bits per heavy atom. The minimum absolute atomic E-state index is 0.152. The molecular weight excluding hydrogens is 216 g/mol. The van der Waals surface area contributed by atoms with Crippen LogP contribution in [-0.2, 0) is 0 Å². The first kappa shape index (κ1) is 13.4. The molecule has 0 fully saturated rings. The standard InChI is InChI=1S/C12H20N4O/c1-5-9(4)16-12(17)10-6-11(14-7-13-10)15-8(2)3/h6-9H,5H2,1-4H3,(H,16,17)(H,13,14,15). The van der Waals surface area contributed by atoms with Crippen LogP contribution in [0.2, 0.25) is 0 Å². The number of nitrogens with one attached hydrogen (secondary N) is 2. The Hall–Kier alpha value is -1.65. The number of hydrogen-bond acceptors (Lipinski definition) is 4. The van der Waals surface area contributed by atoms with Gasteiger partial charge in [-0.05, 0) is 27.2 Å². The fraction of sp³-hybridized carbons (Fsp3) is 0.583. The number of rotatable bonds is 5. The highest BCUT2D eigenvalue weighted by atomic mass is 16.1. The van der Waals surface area contributed by atoms with Gasteiger partial charge in [0.2, 0.25) is 0 Å². The summed E-state index contributed by atoms with van der Waals surface area (Å²) >= 11 is 0. The van der Waals surface area contributed by atoms with Crippen LogP contribution in [0.25, 0.3) is 0 Å². The molecule has 0 spiro atoms. The summed E-state index contributed by atoms with van der Waals surface area (Å²) in [6, 6.07) is 2.09. The summed E-state index contributed by atoms with van der Waals surface area (Å²) in [7, 11) is 0. The van der Waals surface area contributed by atoms with Crippen molar-refractivity contribution in [3.8, 4) is 0 Å². The second-order valence-electron chi connectivity index (χ2n) is 4.37. The van der Waals surface area contributed by atoms with Crippen LogP contribution in [-0.4, -0.2) is 28.0 Å². The maximum atomic E-state index is 11.8. The molecule has 17 heavy (non-hydrogen) atoms. The summed E-state index contributed by atoms with van der Waals surface area (Å²) in [5, 5.41) is 6.01. The van der Waals surface area contributed by atoms with E-state index in [9.17, 15) is 4.79 Å². The van der Waals surface area contributed by atoms with Gasteiger partial charge in [-0.1, -0.05) is 6.92 Å². The van der Waals surface area contributed by atoms with E-state index in [0.717, 1.165) is 6.42 Å². The first-order valence-corrected chi connectivity index (χ1v) is 5.92. The Labute approximate surface area is 102 Å². The largest absolute Gasteiger partial charge is 0.368 e. The van der Waals surface area contributed by atoms with Crippen molar-refractivity contribution < 1.29 is 4.79 Å². The van der Waals surface area contributed by atoms with E-state index >= 15 is 0 Å². The molecule has 5 heteroatoms. The van der Waals surface area contributed by atoms with E-state index in [1.807, 2.05) is 27.7 Å². The van der Waals surface area contributed by atoms with Gasteiger partial charge in [-0.2, -0.15) is 0 Å². The second-order valence-corrected chi connectivity index (χ2v) is 4.37. The monoisotopic (exact) mass is 236 g/mol. The highest BCUT2D eigenvalue weighted by Crippen LogP contribution is 2.06. The normalized spacial score (nSPS) is 12.3. The van der Waals surface area contributed by atoms with E-state index in [1.54, 1.807) is 6.07 Å². The van der Waals surface area contributed by atoms with E-state index in [2.05, 4.69) is 20.6 Å². The number of hydrogen-bond donors (Lipinski definition) is 2. The number of nitrogens with zero attached hydrogens (tertiary/aromatic N) is 2. The van der Waals surface area contributed by atoms with Crippen LogP contribution in [0.5, 0.6) is 0 Å². The van der Waals surface area contributed by atoms with Crippen molar-refractivity contribution in [1.29, 1.82) is 0 Å². The zero-order valence-electron chi connectivity index (χ0n) is 10.8. The molecule has 0 aromatic carbocycles. The van der Waals surface area contributed by atoms with Crippen molar-refractivity contribution in [3.63, 3.8) is 0 Å². The summed E-state index contributed by atoms with van der Waals surface area (Å²) in [4.78, 5) is 19.9. The molecule has 0 radical (unpaired) electrons. The Kier molecular flexibility index (Phi) is 4.87. The summed E-state index contributed by atoms with van der Waals surface area (Å²) in [5.74, 6) is 0.512. The molecule has 5 nitrogen and oxygen atoms in total. The zero-order chi connectivity index (χ0) is 12.8. The van der Waals surface area contributed by atoms with Crippen LogP contribution < -0.4 is 10.6 Å². The van der Waals surface area contributed by atoms with Crippen molar-refractivity contribution in [2.75, 3.05) is 5.32 Å². The van der Waals surface area contributed by atoms with Gasteiger partial charge in [0.1, 0.15) is 17.8 Å². The lowest BCUT2D eigenvalue weighted by atomic mass is 10.2. The Bertz CT molecular complexity index is 379. The van der Waals surface area contributed by atoms with Gasteiger partial charge in [0.25, 0.3) is 5.91 Å². The third kappa shape index (κ3) is 4.38. The quantitative estimate of drug-likeness (QED) is 0.818. The molecule has 0 aliphatic carbocycles. The zero-order valence-corrected chi connectivity index (χ0v) is 10.8. The molecule has 1 aromatic heterocycles. The van der Waals surface area contributed by atoms with Crippen molar-refractivity contribution in [2.45, 2.75) is 46.2 Å². The second kappa shape index (κ2) is 6.18. The van der Waals surface area contributed by atoms with Crippen LogP contribution in [0, 0.1) is 0 Å². The van der Waals surface area contributed by atoms with Crippen molar-refractivity contribution in [1.82, 2.24) is 15.3 Å². The number of carbonyl (C=O) groups is 1. The van der Waals surface area contributed by atoms with Crippen LogP contribution in [0.4, 0.5) is 5.82 Å². The molecular formula is C12H20N4O. The lowest BCUT2D eigenvalue weighted by Crippen LogP contribution is -2.32. The molecule has 1 heterocycles. The summed E-state index contributed by atoms with van der Waals surface area (Å²) in [5.41, 5.74) is 0.392. The van der Waals surface area contributed by atoms with Gasteiger partial charge < -0.3 is 10.6 Å². The van der Waals surface area contributed by atoms with Gasteiger partial charge in [-0.15, -0.1) is 0 Å². The van der Waals surface area contributed by atoms with Crippen molar-refractivity contribution in [3.05, 3.63) is 18.1 Å². The fourth-order valence-corrected chi connectivity index (χ4v) is 1.26. The summed E-state index contributed by atoms with van der Waals surface area (Å²) in [6.45, 7) is 8.02. The molecule has 0 saturated carbocycles. The molecule has 1 amide bonds. The minimum Gasteiger partial charge on any atom is -0.368 e. The molecule has 1 unspecified atom stereocenters. The first-order valence-electron chi connectivity index (χ1n) is 5.92. The smallest absolute Gasteiger partial charge is 0.270 e. The van der Waals surface area contributed by atoms with Gasteiger partial charge >= 0.3 is 0 Å². The van der Waals surface area contributed by atoms with Crippen LogP contribution in [0.1, 0.15) is 44.6 Å². The highest BCUT2D eigenvalue weighted by Gasteiger charge is 2.11. The molecule has 2 N–H and O–H groups in total. The molecule has 1 atom stereocenters. The summed E-state index contributed by atoms with van der Waals surface area (Å²) in [6.07, 6.45) is 2.30. The average Bonchev–Trinajstić information content (AvgIpc) is 2.28. The minimum atomic E-state index is -0.159. The van der Waals surface area contributed by atoms with Gasteiger partial charge in [0.05, 0.1) is 0 Å². The van der Waals surface area contributed by atoms with Crippen LogP contribution in [0.3, 0.4) is 0 Å². The number of anilines is 1. The van der Waals surface area contributed by atoms with Crippen molar-refractivity contribution >= 4 is 11.7 Å². The maximum absolute atomic E-state index is 11.8. The molecule has 0 aliphatic rings. The first-order chi connectivity index (χ1) is 8.02. The molecule has 94 valence electrons. The van der Waals surface area contributed by atoms with Gasteiger partial charge in [-0.3, -0.25) is 4.79 Å². The fourth-order valence-electron chi connectivity index (χ4n) is 1.26. The van der Waals surface area contributed by atoms with E-state index in [4.69, 9.17) is 0 Å². The Morgan fingerprint density at radius 2 is 2.06 bits per heavy atom.